The highest BCUT2D eigenvalue weighted by Gasteiger charge is 2.35. The molecular weight excluding hydrogens is 420 g/mol. The Morgan fingerprint density at radius 1 is 0.970 bits per heavy atom. The van der Waals surface area contributed by atoms with E-state index in [0.29, 0.717) is 16.8 Å². The number of amides is 2. The Morgan fingerprint density at radius 3 is 2.18 bits per heavy atom. The second-order valence-electron chi connectivity index (χ2n) is 8.47. The number of hydrogen-bond donors (Lipinski definition) is 1. The van der Waals surface area contributed by atoms with Gasteiger partial charge in [0.25, 0.3) is 5.91 Å². The van der Waals surface area contributed by atoms with Crippen molar-refractivity contribution in [3.8, 4) is 0 Å². The van der Waals surface area contributed by atoms with Gasteiger partial charge in [-0.05, 0) is 69.7 Å². The Kier molecular flexibility index (Phi) is 7.33. The highest BCUT2D eigenvalue weighted by atomic mass is 16.5. The molecular formula is C26H28N2O5. The molecule has 0 radical (unpaired) electrons. The van der Waals surface area contributed by atoms with Crippen molar-refractivity contribution >= 4 is 23.5 Å². The smallest absolute Gasteiger partial charge is 0.338 e. The molecule has 172 valence electrons. The van der Waals surface area contributed by atoms with E-state index in [1.807, 2.05) is 39.0 Å². The molecule has 1 atom stereocenters. The van der Waals surface area contributed by atoms with E-state index in [-0.39, 0.29) is 18.3 Å². The van der Waals surface area contributed by atoms with Gasteiger partial charge in [-0.3, -0.25) is 14.5 Å². The van der Waals surface area contributed by atoms with Gasteiger partial charge in [0, 0.05) is 11.2 Å². The Morgan fingerprint density at radius 2 is 1.64 bits per heavy atom. The van der Waals surface area contributed by atoms with E-state index in [2.05, 4.69) is 5.32 Å². The molecule has 2 amide bonds. The Hall–Kier alpha value is -3.87. The highest BCUT2D eigenvalue weighted by molar-refractivity contribution is 6.09. The van der Waals surface area contributed by atoms with Crippen molar-refractivity contribution in [2.24, 2.45) is 0 Å². The molecule has 1 heterocycles. The first kappa shape index (κ1) is 23.8. The van der Waals surface area contributed by atoms with Crippen molar-refractivity contribution < 1.29 is 23.5 Å². The van der Waals surface area contributed by atoms with Crippen LogP contribution in [0.5, 0.6) is 0 Å². The topological polar surface area (TPSA) is 88.8 Å². The van der Waals surface area contributed by atoms with Gasteiger partial charge < -0.3 is 14.5 Å². The van der Waals surface area contributed by atoms with Crippen LogP contribution in [0.15, 0.2) is 77.4 Å². The Bertz CT molecular complexity index is 1080. The number of nitrogens with zero attached hydrogens (tertiary/aromatic N) is 1. The van der Waals surface area contributed by atoms with Crippen LogP contribution in [-0.4, -0.2) is 29.9 Å². The summed E-state index contributed by atoms with van der Waals surface area (Å²) in [5, 5.41) is 2.98. The van der Waals surface area contributed by atoms with Crippen molar-refractivity contribution in [2.75, 3.05) is 11.5 Å². The minimum absolute atomic E-state index is 0.0916. The van der Waals surface area contributed by atoms with Gasteiger partial charge in [0.2, 0.25) is 5.91 Å². The van der Waals surface area contributed by atoms with Crippen LogP contribution >= 0.6 is 0 Å². The molecule has 2 aromatic carbocycles. The number of furan rings is 1. The summed E-state index contributed by atoms with van der Waals surface area (Å²) in [5.74, 6) is -1.20. The molecule has 0 unspecified atom stereocenters. The zero-order chi connectivity index (χ0) is 24.0. The number of carbonyl (C=O) groups is 3. The van der Waals surface area contributed by atoms with Crippen molar-refractivity contribution in [3.05, 3.63) is 89.9 Å². The van der Waals surface area contributed by atoms with Gasteiger partial charge in [-0.1, -0.05) is 30.3 Å². The van der Waals surface area contributed by atoms with Crippen LogP contribution in [0.25, 0.3) is 0 Å². The van der Waals surface area contributed by atoms with E-state index in [9.17, 15) is 14.4 Å². The van der Waals surface area contributed by atoms with Crippen molar-refractivity contribution in [2.45, 2.75) is 39.3 Å². The van der Waals surface area contributed by atoms with Gasteiger partial charge in [-0.2, -0.15) is 0 Å². The maximum absolute atomic E-state index is 13.6. The number of ether oxygens (including phenoxy) is 1. The number of esters is 1. The van der Waals surface area contributed by atoms with Crippen LogP contribution in [-0.2, 0) is 9.53 Å². The molecule has 0 saturated heterocycles. The number of hydrogen-bond acceptors (Lipinski definition) is 5. The monoisotopic (exact) mass is 448 g/mol. The predicted molar refractivity (Wildman–Crippen MR) is 125 cm³/mol. The molecule has 0 saturated carbocycles. The van der Waals surface area contributed by atoms with E-state index in [1.54, 1.807) is 55.5 Å². The molecule has 0 aliphatic rings. The number of benzene rings is 2. The molecule has 0 fully saturated rings. The maximum atomic E-state index is 13.6. The van der Waals surface area contributed by atoms with Crippen LogP contribution in [0.4, 0.5) is 5.69 Å². The van der Waals surface area contributed by atoms with Crippen molar-refractivity contribution in [1.82, 2.24) is 5.32 Å². The number of rotatable bonds is 7. The van der Waals surface area contributed by atoms with Gasteiger partial charge in [-0.25, -0.2) is 4.79 Å². The van der Waals surface area contributed by atoms with Crippen LogP contribution in [0, 0.1) is 0 Å². The van der Waals surface area contributed by atoms with E-state index >= 15 is 0 Å². The van der Waals surface area contributed by atoms with Gasteiger partial charge >= 0.3 is 5.97 Å². The molecule has 1 N–H and O–H groups in total. The number of carbonyl (C=O) groups excluding carboxylic acids is 3. The average Bonchev–Trinajstić information content (AvgIpc) is 3.32. The van der Waals surface area contributed by atoms with E-state index in [1.165, 1.54) is 11.2 Å². The van der Waals surface area contributed by atoms with Crippen molar-refractivity contribution in [3.63, 3.8) is 0 Å². The van der Waals surface area contributed by atoms with Crippen LogP contribution in [0.2, 0.25) is 0 Å². The van der Waals surface area contributed by atoms with E-state index in [0.717, 1.165) is 0 Å². The average molecular weight is 449 g/mol. The minimum Gasteiger partial charge on any atom is -0.462 e. The highest BCUT2D eigenvalue weighted by Crippen LogP contribution is 2.31. The summed E-state index contributed by atoms with van der Waals surface area (Å²) in [7, 11) is 0. The lowest BCUT2D eigenvalue weighted by molar-refractivity contribution is -0.123. The molecule has 7 heteroatoms. The van der Waals surface area contributed by atoms with Crippen molar-refractivity contribution in [1.29, 1.82) is 0 Å². The molecule has 0 spiro atoms. The molecule has 3 rings (SSSR count). The largest absolute Gasteiger partial charge is 0.462 e. The standard InChI is InChI=1S/C26H28N2O5/c1-5-32-25(31)19-13-15-20(16-14-19)28(24(30)21-12-9-17-33-21)22(18-10-7-6-8-11-18)23(29)27-26(2,3)4/h6-17,22H,5H2,1-4H3,(H,27,29)/t22-/m0/s1. The third kappa shape index (κ3) is 5.88. The molecule has 0 aliphatic carbocycles. The molecule has 3 aromatic rings. The quantitative estimate of drug-likeness (QED) is 0.527. The first-order chi connectivity index (χ1) is 15.7. The SMILES string of the molecule is CCOC(=O)c1ccc(N(C(=O)c2ccco2)[C@H](C(=O)NC(C)(C)C)c2ccccc2)cc1. The van der Waals surface area contributed by atoms with Gasteiger partial charge in [0.05, 0.1) is 18.4 Å². The summed E-state index contributed by atoms with van der Waals surface area (Å²) in [6.07, 6.45) is 1.40. The maximum Gasteiger partial charge on any atom is 0.338 e. The number of nitrogens with one attached hydrogen (secondary N) is 1. The number of anilines is 1. The predicted octanol–water partition coefficient (Wildman–Crippen LogP) is 4.76. The van der Waals surface area contributed by atoms with Gasteiger partial charge in [0.15, 0.2) is 5.76 Å². The van der Waals surface area contributed by atoms with Gasteiger partial charge in [0.1, 0.15) is 6.04 Å². The fourth-order valence-corrected chi connectivity index (χ4v) is 3.37. The lowest BCUT2D eigenvalue weighted by Gasteiger charge is -2.33. The second kappa shape index (κ2) is 10.2. The van der Waals surface area contributed by atoms with Crippen LogP contribution in [0.3, 0.4) is 0 Å². The first-order valence-corrected chi connectivity index (χ1v) is 10.7. The normalized spacial score (nSPS) is 12.0. The summed E-state index contributed by atoms with van der Waals surface area (Å²) in [6.45, 7) is 7.61. The molecule has 1 aromatic heterocycles. The Balaban J connectivity index is 2.12. The zero-order valence-corrected chi connectivity index (χ0v) is 19.2. The summed E-state index contributed by atoms with van der Waals surface area (Å²) < 4.78 is 10.4. The third-order valence-electron chi connectivity index (χ3n) is 4.73. The zero-order valence-electron chi connectivity index (χ0n) is 19.2. The summed E-state index contributed by atoms with van der Waals surface area (Å²) in [5.41, 5.74) is 0.898. The lowest BCUT2D eigenvalue weighted by Crippen LogP contribution is -2.49. The Labute approximate surface area is 193 Å². The fourth-order valence-electron chi connectivity index (χ4n) is 3.37. The van der Waals surface area contributed by atoms with Crippen LogP contribution < -0.4 is 10.2 Å². The summed E-state index contributed by atoms with van der Waals surface area (Å²) in [4.78, 5) is 40.5. The molecule has 33 heavy (non-hydrogen) atoms. The summed E-state index contributed by atoms with van der Waals surface area (Å²) in [6, 6.07) is 17.6. The molecule has 0 bridgehead atoms. The molecule has 0 aliphatic heterocycles. The molecule has 7 nitrogen and oxygen atoms in total. The van der Waals surface area contributed by atoms with Gasteiger partial charge in [-0.15, -0.1) is 0 Å². The first-order valence-electron chi connectivity index (χ1n) is 10.7. The minimum atomic E-state index is -0.975. The second-order valence-corrected chi connectivity index (χ2v) is 8.47. The summed E-state index contributed by atoms with van der Waals surface area (Å²) >= 11 is 0. The third-order valence-corrected chi connectivity index (χ3v) is 4.73. The van der Waals surface area contributed by atoms with E-state index in [4.69, 9.17) is 9.15 Å². The lowest BCUT2D eigenvalue weighted by atomic mass is 10.0. The fraction of sp³-hybridized carbons (Fsp3) is 0.269. The van der Waals surface area contributed by atoms with E-state index < -0.39 is 23.5 Å². The van der Waals surface area contributed by atoms with Crippen LogP contribution in [0.1, 0.15) is 60.2 Å².